The van der Waals surface area contributed by atoms with Gasteiger partial charge in [-0.05, 0) is 30.2 Å². The third-order valence-corrected chi connectivity index (χ3v) is 1.91. The molecule has 0 saturated carbocycles. The molecule has 0 aliphatic rings. The van der Waals surface area contributed by atoms with Crippen molar-refractivity contribution < 1.29 is 0 Å². The van der Waals surface area contributed by atoms with Crippen LogP contribution >= 0.6 is 0 Å². The van der Waals surface area contributed by atoms with E-state index in [2.05, 4.69) is 20.2 Å². The second-order valence-electron chi connectivity index (χ2n) is 2.79. The van der Waals surface area contributed by atoms with Gasteiger partial charge in [-0.1, -0.05) is 5.11 Å². The molecule has 0 radical (unpaired) electrons. The summed E-state index contributed by atoms with van der Waals surface area (Å²) in [5.41, 5.74) is 10.8. The molecule has 1 heterocycles. The highest BCUT2D eigenvalue weighted by Gasteiger charge is 2.00. The van der Waals surface area contributed by atoms with Crippen molar-refractivity contribution in [2.45, 2.75) is 6.92 Å². The maximum absolute atomic E-state index is 8.30. The molecule has 5 nitrogen and oxygen atoms in total. The van der Waals surface area contributed by atoms with Gasteiger partial charge in [0.25, 0.3) is 0 Å². The molecule has 2 aromatic rings. The summed E-state index contributed by atoms with van der Waals surface area (Å²) in [6.45, 7) is 1.89. The Kier molecular flexibility index (Phi) is 1.65. The average Bonchev–Trinajstić information content (AvgIpc) is 2.52. The highest BCUT2D eigenvalue weighted by atomic mass is 15.1. The van der Waals surface area contributed by atoms with Crippen LogP contribution in [0.2, 0.25) is 0 Å². The fourth-order valence-corrected chi connectivity index (χ4v) is 1.24. The first kappa shape index (κ1) is 7.64. The minimum Gasteiger partial charge on any atom is -0.278 e. The summed E-state index contributed by atoms with van der Waals surface area (Å²) in [6, 6.07) is 3.72. The Labute approximate surface area is 74.0 Å². The van der Waals surface area contributed by atoms with Gasteiger partial charge in [0, 0.05) is 16.0 Å². The summed E-state index contributed by atoms with van der Waals surface area (Å²) in [5.74, 6) is 0. The second kappa shape index (κ2) is 2.80. The molecule has 1 aromatic heterocycles. The largest absolute Gasteiger partial charge is 0.278 e. The van der Waals surface area contributed by atoms with Gasteiger partial charge in [0.2, 0.25) is 0 Å². The number of rotatable bonds is 1. The zero-order valence-electron chi connectivity index (χ0n) is 7.02. The Hall–Kier alpha value is -2.00. The van der Waals surface area contributed by atoms with Crippen molar-refractivity contribution >= 4 is 16.6 Å². The van der Waals surface area contributed by atoms with E-state index in [1.165, 1.54) is 0 Å². The predicted octanol–water partition coefficient (Wildman–Crippen LogP) is 2.81. The number of nitrogens with zero attached hydrogens (tertiary/aromatic N) is 4. The molecular weight excluding hydrogens is 166 g/mol. The maximum atomic E-state index is 8.30. The van der Waals surface area contributed by atoms with Gasteiger partial charge < -0.3 is 0 Å². The Morgan fingerprint density at radius 1 is 1.54 bits per heavy atom. The Morgan fingerprint density at radius 2 is 2.38 bits per heavy atom. The number of benzene rings is 1. The highest BCUT2D eigenvalue weighted by molar-refractivity contribution is 5.82. The van der Waals surface area contributed by atoms with Crippen LogP contribution in [-0.4, -0.2) is 10.2 Å². The number of H-pyrrole nitrogens is 1. The minimum absolute atomic E-state index is 0.649. The summed E-state index contributed by atoms with van der Waals surface area (Å²) >= 11 is 0. The van der Waals surface area contributed by atoms with Gasteiger partial charge in [-0.15, -0.1) is 0 Å². The zero-order chi connectivity index (χ0) is 9.26. The van der Waals surface area contributed by atoms with Crippen LogP contribution in [0.15, 0.2) is 23.4 Å². The SMILES string of the molecule is Cc1cc2[nH]ncc2cc1N=[N+]=[N-]. The fourth-order valence-electron chi connectivity index (χ4n) is 1.24. The van der Waals surface area contributed by atoms with Crippen molar-refractivity contribution in [3.63, 3.8) is 0 Å². The van der Waals surface area contributed by atoms with E-state index in [-0.39, 0.29) is 0 Å². The zero-order valence-corrected chi connectivity index (χ0v) is 7.02. The van der Waals surface area contributed by atoms with Gasteiger partial charge in [0.1, 0.15) is 0 Å². The van der Waals surface area contributed by atoms with Crippen molar-refractivity contribution in [3.05, 3.63) is 34.3 Å². The number of aromatic nitrogens is 2. The van der Waals surface area contributed by atoms with Gasteiger partial charge in [-0.3, -0.25) is 5.10 Å². The third-order valence-electron chi connectivity index (χ3n) is 1.91. The smallest absolute Gasteiger partial charge is 0.0653 e. The van der Waals surface area contributed by atoms with Gasteiger partial charge >= 0.3 is 0 Å². The van der Waals surface area contributed by atoms with Crippen LogP contribution in [0.25, 0.3) is 21.3 Å². The van der Waals surface area contributed by atoms with Crippen molar-refractivity contribution in [1.29, 1.82) is 0 Å². The first-order valence-corrected chi connectivity index (χ1v) is 3.80. The lowest BCUT2D eigenvalue weighted by Gasteiger charge is -1.97. The third kappa shape index (κ3) is 1.21. The number of hydrogen-bond donors (Lipinski definition) is 1. The summed E-state index contributed by atoms with van der Waals surface area (Å²) in [7, 11) is 0. The molecule has 0 fully saturated rings. The number of nitrogens with one attached hydrogen (secondary N) is 1. The Bertz CT molecular complexity index is 492. The lowest BCUT2D eigenvalue weighted by atomic mass is 10.1. The molecule has 1 aromatic carbocycles. The average molecular weight is 173 g/mol. The number of aromatic amines is 1. The van der Waals surface area contributed by atoms with Gasteiger partial charge in [0.15, 0.2) is 0 Å². The maximum Gasteiger partial charge on any atom is 0.0653 e. The lowest BCUT2D eigenvalue weighted by molar-refractivity contribution is 1.12. The molecule has 0 aliphatic heterocycles. The van der Waals surface area contributed by atoms with E-state index in [0.29, 0.717) is 5.69 Å². The van der Waals surface area contributed by atoms with E-state index in [1.54, 1.807) is 6.20 Å². The summed E-state index contributed by atoms with van der Waals surface area (Å²) in [6.07, 6.45) is 1.70. The quantitative estimate of drug-likeness (QED) is 0.401. The monoisotopic (exact) mass is 173 g/mol. The Morgan fingerprint density at radius 3 is 3.15 bits per heavy atom. The Balaban J connectivity index is 2.75. The topological polar surface area (TPSA) is 77.4 Å². The number of azide groups is 1. The van der Waals surface area contributed by atoms with Crippen molar-refractivity contribution in [2.75, 3.05) is 0 Å². The molecule has 13 heavy (non-hydrogen) atoms. The normalized spacial score (nSPS) is 9.92. The molecule has 0 atom stereocenters. The fraction of sp³-hybridized carbons (Fsp3) is 0.125. The molecule has 2 rings (SSSR count). The molecule has 64 valence electrons. The van der Waals surface area contributed by atoms with Crippen LogP contribution < -0.4 is 0 Å². The van der Waals surface area contributed by atoms with Crippen LogP contribution in [0.5, 0.6) is 0 Å². The van der Waals surface area contributed by atoms with Crippen molar-refractivity contribution in [1.82, 2.24) is 10.2 Å². The predicted molar refractivity (Wildman–Crippen MR) is 49.6 cm³/mol. The van der Waals surface area contributed by atoms with E-state index in [0.717, 1.165) is 16.5 Å². The molecule has 0 unspecified atom stereocenters. The van der Waals surface area contributed by atoms with Crippen molar-refractivity contribution in [2.24, 2.45) is 5.11 Å². The highest BCUT2D eigenvalue weighted by Crippen LogP contribution is 2.24. The van der Waals surface area contributed by atoms with Gasteiger partial charge in [-0.2, -0.15) is 5.10 Å². The van der Waals surface area contributed by atoms with Crippen molar-refractivity contribution in [3.8, 4) is 0 Å². The van der Waals surface area contributed by atoms with E-state index < -0.39 is 0 Å². The second-order valence-corrected chi connectivity index (χ2v) is 2.79. The molecule has 1 N–H and O–H groups in total. The molecule has 0 spiro atoms. The first-order valence-electron chi connectivity index (χ1n) is 3.80. The standard InChI is InChI=1S/C8H7N5/c1-5-2-8-6(4-10-11-8)3-7(5)12-13-9/h2-4H,1H3,(H,10,11). The molecule has 0 saturated heterocycles. The van der Waals surface area contributed by atoms with Crippen LogP contribution in [0.1, 0.15) is 5.56 Å². The first-order chi connectivity index (χ1) is 6.31. The molecule has 5 heteroatoms. The summed E-state index contributed by atoms with van der Waals surface area (Å²) in [4.78, 5) is 2.75. The van der Waals surface area contributed by atoms with Gasteiger partial charge in [0.05, 0.1) is 11.7 Å². The van der Waals surface area contributed by atoms with Crippen LogP contribution in [-0.2, 0) is 0 Å². The van der Waals surface area contributed by atoms with E-state index >= 15 is 0 Å². The summed E-state index contributed by atoms with van der Waals surface area (Å²) < 4.78 is 0. The number of fused-ring (bicyclic) bond motifs is 1. The van der Waals surface area contributed by atoms with Gasteiger partial charge in [-0.25, -0.2) is 0 Å². The molecular formula is C8H7N5. The van der Waals surface area contributed by atoms with Crippen LogP contribution in [0, 0.1) is 6.92 Å². The van der Waals surface area contributed by atoms with E-state index in [1.807, 2.05) is 19.1 Å². The molecule has 0 aliphatic carbocycles. The minimum atomic E-state index is 0.649. The lowest BCUT2D eigenvalue weighted by Crippen LogP contribution is -1.74. The van der Waals surface area contributed by atoms with Crippen LogP contribution in [0.3, 0.4) is 0 Å². The molecule has 0 amide bonds. The number of hydrogen-bond acceptors (Lipinski definition) is 2. The molecule has 0 bridgehead atoms. The van der Waals surface area contributed by atoms with E-state index in [9.17, 15) is 0 Å². The van der Waals surface area contributed by atoms with Crippen LogP contribution in [0.4, 0.5) is 5.69 Å². The van der Waals surface area contributed by atoms with E-state index in [4.69, 9.17) is 5.53 Å². The summed E-state index contributed by atoms with van der Waals surface area (Å²) in [5, 5.41) is 11.3. The number of aryl methyl sites for hydroxylation is 1.